The smallest absolute Gasteiger partial charge is 0.134 e. The summed E-state index contributed by atoms with van der Waals surface area (Å²) in [4.78, 5) is 0. The normalized spacial score (nSPS) is 13.0. The van der Waals surface area contributed by atoms with E-state index in [1.807, 2.05) is 36.4 Å². The van der Waals surface area contributed by atoms with Crippen LogP contribution in [0, 0.1) is 0 Å². The van der Waals surface area contributed by atoms with Crippen LogP contribution in [0.3, 0.4) is 0 Å². The molecule has 0 aromatic heterocycles. The van der Waals surface area contributed by atoms with Crippen molar-refractivity contribution >= 4 is 6.08 Å². The van der Waals surface area contributed by atoms with Crippen LogP contribution in [-0.4, -0.2) is 28.0 Å². The molecule has 2 rings (SSSR count). The number of hydrogen-bond acceptors (Lipinski definition) is 4. The summed E-state index contributed by atoms with van der Waals surface area (Å²) in [6, 6.07) is 17.0. The molecule has 4 nitrogen and oxygen atoms in total. The van der Waals surface area contributed by atoms with Crippen LogP contribution in [0.2, 0.25) is 0 Å². The Bertz CT molecular complexity index is 593. The molecule has 110 valence electrons. The molecule has 2 aromatic carbocycles. The maximum Gasteiger partial charge on any atom is 0.134 e. The van der Waals surface area contributed by atoms with E-state index in [0.717, 1.165) is 5.56 Å². The van der Waals surface area contributed by atoms with Gasteiger partial charge in [0.2, 0.25) is 0 Å². The van der Waals surface area contributed by atoms with Crippen LogP contribution >= 0.6 is 0 Å². The van der Waals surface area contributed by atoms with Crippen LogP contribution in [0.25, 0.3) is 6.08 Å². The van der Waals surface area contributed by atoms with E-state index in [1.165, 1.54) is 6.08 Å². The minimum absolute atomic E-state index is 0.280. The predicted molar refractivity (Wildman–Crippen MR) is 80.9 cm³/mol. The van der Waals surface area contributed by atoms with E-state index >= 15 is 0 Å². The number of aliphatic hydroxyl groups is 3. The topological polar surface area (TPSA) is 69.9 Å². The quantitative estimate of drug-likeness (QED) is 0.714. The second-order valence-electron chi connectivity index (χ2n) is 4.61. The third-order valence-corrected chi connectivity index (χ3v) is 2.94. The Balaban J connectivity index is 2.04. The van der Waals surface area contributed by atoms with Gasteiger partial charge in [0, 0.05) is 0 Å². The van der Waals surface area contributed by atoms with Crippen LogP contribution in [0.1, 0.15) is 11.1 Å². The van der Waals surface area contributed by atoms with Crippen molar-refractivity contribution in [1.82, 2.24) is 0 Å². The van der Waals surface area contributed by atoms with E-state index in [4.69, 9.17) is 9.84 Å². The molecule has 4 heteroatoms. The maximum absolute atomic E-state index is 9.58. The standard InChI is InChI=1S/C17H18O4/c18-11-17(20)16(19)10-14-7-4-8-15(9-14)21-12-13-5-2-1-3-6-13/h1-10,17-20H,11-12H2. The summed E-state index contributed by atoms with van der Waals surface area (Å²) >= 11 is 0. The fourth-order valence-corrected chi connectivity index (χ4v) is 1.80. The molecule has 0 aliphatic heterocycles. The van der Waals surface area contributed by atoms with Gasteiger partial charge >= 0.3 is 0 Å². The SMILES string of the molecule is OCC(O)C(O)=Cc1cccc(OCc2ccccc2)c1. The molecule has 0 saturated heterocycles. The predicted octanol–water partition coefficient (Wildman–Crippen LogP) is 2.52. The molecule has 0 aliphatic carbocycles. The molecule has 2 aromatic rings. The molecule has 0 spiro atoms. The largest absolute Gasteiger partial charge is 0.509 e. The lowest BCUT2D eigenvalue weighted by molar-refractivity contribution is 0.0888. The van der Waals surface area contributed by atoms with E-state index < -0.39 is 12.7 Å². The van der Waals surface area contributed by atoms with Gasteiger partial charge in [0.05, 0.1) is 6.61 Å². The van der Waals surface area contributed by atoms with Crippen molar-refractivity contribution in [3.63, 3.8) is 0 Å². The first-order chi connectivity index (χ1) is 10.2. The first-order valence-corrected chi connectivity index (χ1v) is 6.65. The average Bonchev–Trinajstić information content (AvgIpc) is 2.53. The summed E-state index contributed by atoms with van der Waals surface area (Å²) < 4.78 is 5.68. The third-order valence-electron chi connectivity index (χ3n) is 2.94. The lowest BCUT2D eigenvalue weighted by atomic mass is 10.1. The molecule has 0 radical (unpaired) electrons. The van der Waals surface area contributed by atoms with Crippen molar-refractivity contribution in [3.8, 4) is 5.75 Å². The lowest BCUT2D eigenvalue weighted by Gasteiger charge is -2.08. The Kier molecular flexibility index (Phi) is 5.37. The van der Waals surface area contributed by atoms with E-state index in [1.54, 1.807) is 18.2 Å². The molecule has 0 saturated carbocycles. The van der Waals surface area contributed by atoms with Gasteiger partial charge in [-0.15, -0.1) is 0 Å². The molecular formula is C17H18O4. The monoisotopic (exact) mass is 286 g/mol. The fourth-order valence-electron chi connectivity index (χ4n) is 1.80. The Hall–Kier alpha value is -2.30. The first kappa shape index (κ1) is 15.1. The summed E-state index contributed by atoms with van der Waals surface area (Å²) in [6.07, 6.45) is 0.134. The highest BCUT2D eigenvalue weighted by molar-refractivity contribution is 5.54. The fraction of sp³-hybridized carbons (Fsp3) is 0.176. The molecular weight excluding hydrogens is 268 g/mol. The van der Waals surface area contributed by atoms with Gasteiger partial charge in [-0.25, -0.2) is 0 Å². The van der Waals surface area contributed by atoms with E-state index in [2.05, 4.69) is 0 Å². The zero-order valence-corrected chi connectivity index (χ0v) is 11.5. The summed E-state index contributed by atoms with van der Waals surface area (Å²) in [5.41, 5.74) is 1.75. The van der Waals surface area contributed by atoms with Crippen molar-refractivity contribution in [2.45, 2.75) is 12.7 Å². The van der Waals surface area contributed by atoms with Gasteiger partial charge in [0.25, 0.3) is 0 Å². The van der Waals surface area contributed by atoms with E-state index in [-0.39, 0.29) is 5.76 Å². The molecule has 0 bridgehead atoms. The zero-order valence-electron chi connectivity index (χ0n) is 11.5. The molecule has 1 unspecified atom stereocenters. The van der Waals surface area contributed by atoms with Crippen molar-refractivity contribution in [2.24, 2.45) is 0 Å². The average molecular weight is 286 g/mol. The van der Waals surface area contributed by atoms with E-state index in [9.17, 15) is 10.2 Å². The molecule has 1 atom stereocenters. The minimum atomic E-state index is -1.26. The molecule has 0 fully saturated rings. The second-order valence-corrected chi connectivity index (χ2v) is 4.61. The summed E-state index contributed by atoms with van der Waals surface area (Å²) in [6.45, 7) is -0.0637. The van der Waals surface area contributed by atoms with Gasteiger partial charge < -0.3 is 20.1 Å². The number of hydrogen-bond donors (Lipinski definition) is 3. The zero-order chi connectivity index (χ0) is 15.1. The van der Waals surface area contributed by atoms with Gasteiger partial charge in [0.15, 0.2) is 0 Å². The van der Waals surface area contributed by atoms with Crippen molar-refractivity contribution < 1.29 is 20.1 Å². The first-order valence-electron chi connectivity index (χ1n) is 6.65. The second kappa shape index (κ2) is 7.47. The lowest BCUT2D eigenvalue weighted by Crippen LogP contribution is -2.14. The van der Waals surface area contributed by atoms with Crippen molar-refractivity contribution in [1.29, 1.82) is 0 Å². The van der Waals surface area contributed by atoms with Crippen LogP contribution in [0.4, 0.5) is 0 Å². The summed E-state index contributed by atoms with van der Waals surface area (Å²) in [7, 11) is 0. The number of rotatable bonds is 6. The van der Waals surface area contributed by atoms with Gasteiger partial charge in [-0.3, -0.25) is 0 Å². The van der Waals surface area contributed by atoms with Gasteiger partial charge in [-0.1, -0.05) is 42.5 Å². The maximum atomic E-state index is 9.58. The summed E-state index contributed by atoms with van der Waals surface area (Å²) in [5, 5.41) is 27.7. The molecule has 0 heterocycles. The molecule has 3 N–H and O–H groups in total. The Labute approximate surface area is 123 Å². The van der Waals surface area contributed by atoms with Crippen LogP contribution in [0.5, 0.6) is 5.75 Å². The highest BCUT2D eigenvalue weighted by Crippen LogP contribution is 2.17. The number of ether oxygens (including phenoxy) is 1. The number of aliphatic hydroxyl groups excluding tert-OH is 3. The Morgan fingerprint density at radius 1 is 1.10 bits per heavy atom. The Morgan fingerprint density at radius 3 is 2.57 bits per heavy atom. The summed E-state index contributed by atoms with van der Waals surface area (Å²) in [5.74, 6) is 0.386. The van der Waals surface area contributed by atoms with Gasteiger partial charge in [0.1, 0.15) is 24.2 Å². The molecule has 0 amide bonds. The Morgan fingerprint density at radius 2 is 1.86 bits per heavy atom. The molecule has 0 aliphatic rings. The van der Waals surface area contributed by atoms with Crippen LogP contribution in [0.15, 0.2) is 60.4 Å². The number of benzene rings is 2. The third kappa shape index (κ3) is 4.63. The van der Waals surface area contributed by atoms with Gasteiger partial charge in [-0.05, 0) is 29.3 Å². The van der Waals surface area contributed by atoms with E-state index in [0.29, 0.717) is 17.9 Å². The highest BCUT2D eigenvalue weighted by Gasteiger charge is 2.07. The van der Waals surface area contributed by atoms with Crippen molar-refractivity contribution in [3.05, 3.63) is 71.5 Å². The minimum Gasteiger partial charge on any atom is -0.509 e. The molecule has 21 heavy (non-hydrogen) atoms. The van der Waals surface area contributed by atoms with Gasteiger partial charge in [-0.2, -0.15) is 0 Å². The highest BCUT2D eigenvalue weighted by atomic mass is 16.5. The van der Waals surface area contributed by atoms with Crippen LogP contribution < -0.4 is 4.74 Å². The van der Waals surface area contributed by atoms with Crippen molar-refractivity contribution in [2.75, 3.05) is 6.61 Å². The van der Waals surface area contributed by atoms with Crippen LogP contribution in [-0.2, 0) is 6.61 Å².